The van der Waals surface area contributed by atoms with E-state index in [-0.39, 0.29) is 21.7 Å². The minimum atomic E-state index is -4.55. The van der Waals surface area contributed by atoms with E-state index in [4.69, 9.17) is 18.2 Å². The first-order chi connectivity index (χ1) is 7.43. The van der Waals surface area contributed by atoms with Crippen molar-refractivity contribution in [3.05, 3.63) is 34.4 Å². The zero-order chi connectivity index (χ0) is 11.9. The molecule has 1 heterocycles. The van der Waals surface area contributed by atoms with E-state index in [0.717, 1.165) is 0 Å². The molecule has 0 spiro atoms. The molecule has 0 unspecified atom stereocenters. The van der Waals surface area contributed by atoms with E-state index in [1.165, 1.54) is 12.1 Å². The second kappa shape index (κ2) is 3.39. The molecule has 1 N–H and O–H groups in total. The Balaban J connectivity index is 2.73. The smallest absolute Gasteiger partial charge is 0.334 e. The maximum atomic E-state index is 12.3. The highest BCUT2D eigenvalue weighted by molar-refractivity contribution is 6.37. The van der Waals surface area contributed by atoms with Gasteiger partial charge in [-0.1, -0.05) is 17.7 Å². The van der Waals surface area contributed by atoms with Crippen LogP contribution in [0, 0.1) is 6.57 Å². The molecular formula is C9H3ClF3N3. The lowest BCUT2D eigenvalue weighted by atomic mass is 10.3. The lowest BCUT2D eigenvalue weighted by molar-refractivity contribution is -0.144. The largest absolute Gasteiger partial charge is 0.449 e. The summed E-state index contributed by atoms with van der Waals surface area (Å²) in [4.78, 5) is 8.52. The van der Waals surface area contributed by atoms with Crippen LogP contribution in [0.1, 0.15) is 5.82 Å². The Hall–Kier alpha value is -1.74. The Morgan fingerprint density at radius 2 is 2.06 bits per heavy atom. The second-order valence-electron chi connectivity index (χ2n) is 2.99. The third-order valence-corrected chi connectivity index (χ3v) is 2.33. The van der Waals surface area contributed by atoms with Gasteiger partial charge in [0.25, 0.3) is 0 Å². The average Bonchev–Trinajstić information content (AvgIpc) is 2.62. The van der Waals surface area contributed by atoms with Crippen molar-refractivity contribution in [2.75, 3.05) is 0 Å². The molecule has 0 aliphatic carbocycles. The van der Waals surface area contributed by atoms with Gasteiger partial charge in [-0.3, -0.25) is 0 Å². The van der Waals surface area contributed by atoms with Crippen LogP contribution in [0.3, 0.4) is 0 Å². The third-order valence-electron chi connectivity index (χ3n) is 1.96. The Kier molecular flexibility index (Phi) is 2.28. The molecule has 0 aliphatic heterocycles. The van der Waals surface area contributed by atoms with Crippen LogP contribution in [-0.2, 0) is 6.18 Å². The number of halogens is 4. The molecule has 7 heteroatoms. The van der Waals surface area contributed by atoms with Gasteiger partial charge in [-0.25, -0.2) is 9.83 Å². The molecule has 0 saturated heterocycles. The number of fused-ring (bicyclic) bond motifs is 1. The molecule has 2 rings (SSSR count). The standard InChI is InChI=1S/C9H3ClF3N3/c1-14-4-2-3-5-7(6(4)10)16-8(15-5)9(11,12)13/h2-3H,(H,15,16). The van der Waals surface area contributed by atoms with Gasteiger partial charge >= 0.3 is 6.18 Å². The number of alkyl halides is 3. The van der Waals surface area contributed by atoms with Crippen LogP contribution in [0.4, 0.5) is 18.9 Å². The summed E-state index contributed by atoms with van der Waals surface area (Å²) in [6, 6.07) is 2.69. The zero-order valence-corrected chi connectivity index (χ0v) is 8.32. The zero-order valence-electron chi connectivity index (χ0n) is 7.56. The summed E-state index contributed by atoms with van der Waals surface area (Å²) in [5.41, 5.74) is 0.196. The van der Waals surface area contributed by atoms with E-state index in [1.54, 1.807) is 0 Å². The van der Waals surface area contributed by atoms with Crippen molar-refractivity contribution < 1.29 is 13.2 Å². The van der Waals surface area contributed by atoms with Gasteiger partial charge in [0, 0.05) is 0 Å². The molecule has 1 aromatic heterocycles. The SMILES string of the molecule is [C-]#[N+]c1ccc2[nH]c(C(F)(F)F)nc2c1Cl. The van der Waals surface area contributed by atoms with Crippen molar-refractivity contribution in [3.63, 3.8) is 0 Å². The Bertz CT molecular complexity index is 594. The maximum absolute atomic E-state index is 12.3. The summed E-state index contributed by atoms with van der Waals surface area (Å²) in [5, 5.41) is -0.0701. The molecule has 1 aromatic carbocycles. The van der Waals surface area contributed by atoms with Crippen LogP contribution in [0.5, 0.6) is 0 Å². The summed E-state index contributed by atoms with van der Waals surface area (Å²) >= 11 is 5.74. The predicted molar refractivity (Wildman–Crippen MR) is 52.4 cm³/mol. The van der Waals surface area contributed by atoms with Crippen LogP contribution >= 0.6 is 11.6 Å². The van der Waals surface area contributed by atoms with Gasteiger partial charge in [-0.05, 0) is 6.07 Å². The maximum Gasteiger partial charge on any atom is 0.449 e. The average molecular weight is 246 g/mol. The number of nitrogens with one attached hydrogen (secondary N) is 1. The Labute approximate surface area is 92.7 Å². The fourth-order valence-corrected chi connectivity index (χ4v) is 1.50. The lowest BCUT2D eigenvalue weighted by Gasteiger charge is -1.98. The number of nitrogens with zero attached hydrogens (tertiary/aromatic N) is 2. The highest BCUT2D eigenvalue weighted by atomic mass is 35.5. The molecular weight excluding hydrogens is 243 g/mol. The quantitative estimate of drug-likeness (QED) is 0.704. The van der Waals surface area contributed by atoms with Crippen LogP contribution in [0.2, 0.25) is 5.02 Å². The Morgan fingerprint density at radius 1 is 1.38 bits per heavy atom. The molecule has 0 atom stereocenters. The highest BCUT2D eigenvalue weighted by Gasteiger charge is 2.35. The molecule has 82 valence electrons. The molecule has 2 aromatic rings. The minimum Gasteiger partial charge on any atom is -0.334 e. The molecule has 0 saturated carbocycles. The molecule has 3 nitrogen and oxygen atoms in total. The second-order valence-corrected chi connectivity index (χ2v) is 3.37. The number of H-pyrrole nitrogens is 1. The van der Waals surface area contributed by atoms with Gasteiger partial charge in [0.2, 0.25) is 11.5 Å². The number of hydrogen-bond donors (Lipinski definition) is 1. The van der Waals surface area contributed by atoms with E-state index in [1.807, 2.05) is 0 Å². The summed E-state index contributed by atoms with van der Waals surface area (Å²) in [5.74, 6) is -1.12. The lowest BCUT2D eigenvalue weighted by Crippen LogP contribution is -2.06. The van der Waals surface area contributed by atoms with E-state index in [0.29, 0.717) is 0 Å². The van der Waals surface area contributed by atoms with Crippen molar-refractivity contribution in [3.8, 4) is 0 Å². The molecule has 0 aliphatic rings. The van der Waals surface area contributed by atoms with Crippen molar-refractivity contribution in [2.24, 2.45) is 0 Å². The monoisotopic (exact) mass is 245 g/mol. The fourth-order valence-electron chi connectivity index (χ4n) is 1.25. The van der Waals surface area contributed by atoms with E-state index in [2.05, 4.69) is 14.8 Å². The first-order valence-corrected chi connectivity index (χ1v) is 4.44. The predicted octanol–water partition coefficient (Wildman–Crippen LogP) is 3.79. The van der Waals surface area contributed by atoms with Gasteiger partial charge in [0.1, 0.15) is 0 Å². The number of benzene rings is 1. The molecule has 0 bridgehead atoms. The first kappa shape index (κ1) is 10.8. The third kappa shape index (κ3) is 1.59. The van der Waals surface area contributed by atoms with Gasteiger partial charge in [0.05, 0.1) is 22.6 Å². The van der Waals surface area contributed by atoms with E-state index in [9.17, 15) is 13.2 Å². The van der Waals surface area contributed by atoms with Crippen molar-refractivity contribution in [1.29, 1.82) is 0 Å². The van der Waals surface area contributed by atoms with Crippen molar-refractivity contribution in [2.45, 2.75) is 6.18 Å². The first-order valence-electron chi connectivity index (χ1n) is 4.06. The topological polar surface area (TPSA) is 33.0 Å². The van der Waals surface area contributed by atoms with Gasteiger partial charge in [-0.2, -0.15) is 13.2 Å². The summed E-state index contributed by atoms with van der Waals surface area (Å²) in [6.07, 6.45) is -4.55. The van der Waals surface area contributed by atoms with Crippen LogP contribution in [-0.4, -0.2) is 9.97 Å². The molecule has 0 radical (unpaired) electrons. The number of rotatable bonds is 0. The Morgan fingerprint density at radius 3 is 2.62 bits per heavy atom. The van der Waals surface area contributed by atoms with Crippen LogP contribution in [0.25, 0.3) is 15.9 Å². The van der Waals surface area contributed by atoms with Crippen LogP contribution in [0.15, 0.2) is 12.1 Å². The number of hydrogen-bond acceptors (Lipinski definition) is 1. The number of aromatic amines is 1. The van der Waals surface area contributed by atoms with Crippen molar-refractivity contribution in [1.82, 2.24) is 9.97 Å². The normalized spacial score (nSPS) is 11.7. The van der Waals surface area contributed by atoms with Gasteiger partial charge in [0.15, 0.2) is 0 Å². The fraction of sp³-hybridized carbons (Fsp3) is 0.111. The summed E-state index contributed by atoms with van der Waals surface area (Å²) < 4.78 is 37.0. The van der Waals surface area contributed by atoms with Gasteiger partial charge < -0.3 is 4.98 Å². The molecule has 0 fully saturated rings. The number of imidazole rings is 1. The van der Waals surface area contributed by atoms with Gasteiger partial charge in [-0.15, -0.1) is 0 Å². The van der Waals surface area contributed by atoms with E-state index < -0.39 is 12.0 Å². The van der Waals surface area contributed by atoms with E-state index >= 15 is 0 Å². The highest BCUT2D eigenvalue weighted by Crippen LogP contribution is 2.35. The van der Waals surface area contributed by atoms with Crippen molar-refractivity contribution >= 4 is 28.3 Å². The molecule has 0 amide bonds. The number of aromatic nitrogens is 2. The molecule has 16 heavy (non-hydrogen) atoms. The van der Waals surface area contributed by atoms with Crippen LogP contribution < -0.4 is 0 Å². The summed E-state index contributed by atoms with van der Waals surface area (Å²) in [7, 11) is 0. The summed E-state index contributed by atoms with van der Waals surface area (Å²) in [6.45, 7) is 6.77. The minimum absolute atomic E-state index is 0.0394.